The third-order valence-electron chi connectivity index (χ3n) is 6.13. The molecule has 0 amide bonds. The fourth-order valence-corrected chi connectivity index (χ4v) is 4.99. The van der Waals surface area contributed by atoms with Crippen LogP contribution in [0, 0.1) is 17.8 Å². The Morgan fingerprint density at radius 2 is 1.79 bits per heavy atom. The van der Waals surface area contributed by atoms with Gasteiger partial charge >= 0.3 is 0 Å². The van der Waals surface area contributed by atoms with Crippen LogP contribution < -0.4 is 5.73 Å². The number of likely N-dealkylation sites (tertiary alicyclic amines) is 1. The quantitative estimate of drug-likeness (QED) is 0.846. The van der Waals surface area contributed by atoms with E-state index in [1.807, 2.05) is 0 Å². The molecule has 3 aliphatic rings. The summed E-state index contributed by atoms with van der Waals surface area (Å²) in [5, 5.41) is 0. The SMILES string of the molecule is CC1CCC(N)C(CN2CCCC2C2CCCC2)C1. The molecular formula is C17H32N2. The van der Waals surface area contributed by atoms with Crippen LogP contribution in [0.2, 0.25) is 0 Å². The minimum Gasteiger partial charge on any atom is -0.327 e. The summed E-state index contributed by atoms with van der Waals surface area (Å²) in [5.41, 5.74) is 6.39. The molecular weight excluding hydrogens is 232 g/mol. The maximum absolute atomic E-state index is 6.39. The highest BCUT2D eigenvalue weighted by Gasteiger charge is 2.36. The first-order valence-corrected chi connectivity index (χ1v) is 8.73. The largest absolute Gasteiger partial charge is 0.327 e. The van der Waals surface area contributed by atoms with E-state index < -0.39 is 0 Å². The molecule has 2 N–H and O–H groups in total. The van der Waals surface area contributed by atoms with E-state index in [2.05, 4.69) is 11.8 Å². The van der Waals surface area contributed by atoms with Crippen LogP contribution in [0.4, 0.5) is 0 Å². The summed E-state index contributed by atoms with van der Waals surface area (Å²) in [5.74, 6) is 2.68. The highest BCUT2D eigenvalue weighted by molar-refractivity contribution is 4.91. The molecule has 1 aliphatic heterocycles. The molecule has 19 heavy (non-hydrogen) atoms. The summed E-state index contributed by atoms with van der Waals surface area (Å²) in [7, 11) is 0. The maximum atomic E-state index is 6.39. The molecule has 2 saturated carbocycles. The summed E-state index contributed by atoms with van der Waals surface area (Å²) in [6.45, 7) is 5.06. The average Bonchev–Trinajstić information content (AvgIpc) is 3.03. The summed E-state index contributed by atoms with van der Waals surface area (Å²) in [4.78, 5) is 2.83. The molecule has 0 bridgehead atoms. The van der Waals surface area contributed by atoms with Crippen LogP contribution in [0.25, 0.3) is 0 Å². The monoisotopic (exact) mass is 264 g/mol. The zero-order chi connectivity index (χ0) is 13.2. The summed E-state index contributed by atoms with van der Waals surface area (Å²) in [6.07, 6.45) is 12.8. The maximum Gasteiger partial charge on any atom is 0.0124 e. The van der Waals surface area contributed by atoms with Crippen molar-refractivity contribution in [2.24, 2.45) is 23.5 Å². The molecule has 3 rings (SSSR count). The first-order chi connectivity index (χ1) is 9.24. The van der Waals surface area contributed by atoms with Gasteiger partial charge in [-0.15, -0.1) is 0 Å². The van der Waals surface area contributed by atoms with Gasteiger partial charge in [0.05, 0.1) is 0 Å². The van der Waals surface area contributed by atoms with E-state index in [9.17, 15) is 0 Å². The molecule has 0 aromatic carbocycles. The Kier molecular flexibility index (Phi) is 4.48. The number of hydrogen-bond donors (Lipinski definition) is 1. The number of rotatable bonds is 3. The van der Waals surface area contributed by atoms with E-state index in [-0.39, 0.29) is 0 Å². The lowest BCUT2D eigenvalue weighted by Gasteiger charge is -2.38. The predicted octanol–water partition coefficient (Wildman–Crippen LogP) is 3.40. The Balaban J connectivity index is 1.58. The molecule has 2 nitrogen and oxygen atoms in total. The Labute approximate surface area is 119 Å². The normalized spacial score (nSPS) is 42.0. The molecule has 0 spiro atoms. The summed E-state index contributed by atoms with van der Waals surface area (Å²) >= 11 is 0. The van der Waals surface area contributed by atoms with Crippen LogP contribution in [0.15, 0.2) is 0 Å². The van der Waals surface area contributed by atoms with Crippen LogP contribution in [-0.4, -0.2) is 30.1 Å². The van der Waals surface area contributed by atoms with E-state index in [0.717, 1.165) is 23.8 Å². The van der Waals surface area contributed by atoms with Gasteiger partial charge in [-0.3, -0.25) is 4.90 Å². The van der Waals surface area contributed by atoms with E-state index in [1.54, 1.807) is 0 Å². The van der Waals surface area contributed by atoms with Crippen LogP contribution in [0.5, 0.6) is 0 Å². The summed E-state index contributed by atoms with van der Waals surface area (Å²) in [6, 6.07) is 1.38. The van der Waals surface area contributed by atoms with Crippen LogP contribution >= 0.6 is 0 Å². The van der Waals surface area contributed by atoms with Crippen LogP contribution in [0.1, 0.15) is 64.7 Å². The second-order valence-corrected chi connectivity index (χ2v) is 7.59. The van der Waals surface area contributed by atoms with Gasteiger partial charge in [-0.25, -0.2) is 0 Å². The highest BCUT2D eigenvalue weighted by atomic mass is 15.2. The van der Waals surface area contributed by atoms with Gasteiger partial charge in [0, 0.05) is 18.6 Å². The van der Waals surface area contributed by atoms with Crippen molar-refractivity contribution in [3.8, 4) is 0 Å². The molecule has 4 unspecified atom stereocenters. The van der Waals surface area contributed by atoms with Gasteiger partial charge < -0.3 is 5.73 Å². The van der Waals surface area contributed by atoms with Gasteiger partial charge in [0.2, 0.25) is 0 Å². The van der Waals surface area contributed by atoms with Gasteiger partial charge in [-0.2, -0.15) is 0 Å². The van der Waals surface area contributed by atoms with Crippen LogP contribution in [0.3, 0.4) is 0 Å². The number of hydrogen-bond acceptors (Lipinski definition) is 2. The van der Waals surface area contributed by atoms with Crippen LogP contribution in [-0.2, 0) is 0 Å². The first kappa shape index (κ1) is 13.9. The first-order valence-electron chi connectivity index (χ1n) is 8.73. The van der Waals surface area contributed by atoms with E-state index in [0.29, 0.717) is 6.04 Å². The fraction of sp³-hybridized carbons (Fsp3) is 1.00. The molecule has 3 fully saturated rings. The van der Waals surface area contributed by atoms with Gasteiger partial charge in [-0.1, -0.05) is 19.8 Å². The molecule has 1 saturated heterocycles. The number of nitrogens with two attached hydrogens (primary N) is 1. The Morgan fingerprint density at radius 1 is 1.00 bits per heavy atom. The Hall–Kier alpha value is -0.0800. The molecule has 4 atom stereocenters. The third kappa shape index (κ3) is 3.16. The van der Waals surface area contributed by atoms with Crippen molar-refractivity contribution >= 4 is 0 Å². The van der Waals surface area contributed by atoms with Crippen molar-refractivity contribution < 1.29 is 0 Å². The third-order valence-corrected chi connectivity index (χ3v) is 6.13. The molecule has 110 valence electrons. The van der Waals surface area contributed by atoms with Gasteiger partial charge in [0.25, 0.3) is 0 Å². The van der Waals surface area contributed by atoms with Crippen molar-refractivity contribution in [1.29, 1.82) is 0 Å². The van der Waals surface area contributed by atoms with Crippen molar-refractivity contribution in [2.75, 3.05) is 13.1 Å². The van der Waals surface area contributed by atoms with Crippen molar-refractivity contribution in [3.05, 3.63) is 0 Å². The molecule has 0 aromatic rings. The molecule has 2 aliphatic carbocycles. The molecule has 2 heteroatoms. The smallest absolute Gasteiger partial charge is 0.0124 e. The topological polar surface area (TPSA) is 29.3 Å². The minimum absolute atomic E-state index is 0.473. The zero-order valence-electron chi connectivity index (χ0n) is 12.7. The van der Waals surface area contributed by atoms with Crippen molar-refractivity contribution in [1.82, 2.24) is 4.90 Å². The molecule has 0 radical (unpaired) electrons. The lowest BCUT2D eigenvalue weighted by molar-refractivity contribution is 0.126. The van der Waals surface area contributed by atoms with E-state index in [4.69, 9.17) is 5.73 Å². The van der Waals surface area contributed by atoms with Crippen molar-refractivity contribution in [3.63, 3.8) is 0 Å². The molecule has 1 heterocycles. The Morgan fingerprint density at radius 3 is 2.58 bits per heavy atom. The predicted molar refractivity (Wildman–Crippen MR) is 81.0 cm³/mol. The fourth-order valence-electron chi connectivity index (χ4n) is 4.99. The van der Waals surface area contributed by atoms with Gasteiger partial charge in [0.15, 0.2) is 0 Å². The standard InChI is InChI=1S/C17H32N2/c1-13-8-9-16(18)15(11-13)12-19-10-4-7-17(19)14-5-2-3-6-14/h13-17H,2-12,18H2,1H3. The second-order valence-electron chi connectivity index (χ2n) is 7.59. The summed E-state index contributed by atoms with van der Waals surface area (Å²) < 4.78 is 0. The average molecular weight is 264 g/mol. The van der Waals surface area contributed by atoms with Gasteiger partial charge in [-0.05, 0) is 69.2 Å². The lowest BCUT2D eigenvalue weighted by Crippen LogP contribution is -2.45. The van der Waals surface area contributed by atoms with Gasteiger partial charge in [0.1, 0.15) is 0 Å². The minimum atomic E-state index is 0.473. The lowest BCUT2D eigenvalue weighted by atomic mass is 9.78. The number of nitrogens with zero attached hydrogens (tertiary/aromatic N) is 1. The van der Waals surface area contributed by atoms with Crippen molar-refractivity contribution in [2.45, 2.75) is 76.8 Å². The van der Waals surface area contributed by atoms with E-state index >= 15 is 0 Å². The highest BCUT2D eigenvalue weighted by Crippen LogP contribution is 2.37. The Bertz CT molecular complexity index is 285. The van der Waals surface area contributed by atoms with E-state index in [1.165, 1.54) is 70.9 Å². The zero-order valence-corrected chi connectivity index (χ0v) is 12.7. The molecule has 0 aromatic heterocycles. The second kappa shape index (κ2) is 6.13.